The minimum Gasteiger partial charge on any atom is -0.471 e. The lowest BCUT2D eigenvalue weighted by Crippen LogP contribution is -2.22. The van der Waals surface area contributed by atoms with Crippen LogP contribution in [0.5, 0.6) is 0 Å². The summed E-state index contributed by atoms with van der Waals surface area (Å²) >= 11 is 0. The van der Waals surface area contributed by atoms with Crippen LogP contribution in [0, 0.1) is 0 Å². The number of fused-ring (bicyclic) bond motifs is 1. The van der Waals surface area contributed by atoms with E-state index in [9.17, 15) is 13.6 Å². The minimum absolute atomic E-state index is 0.0661. The van der Waals surface area contributed by atoms with Gasteiger partial charge in [0.25, 0.3) is 6.43 Å². The van der Waals surface area contributed by atoms with Gasteiger partial charge in [-0.25, -0.2) is 18.6 Å². The predicted molar refractivity (Wildman–Crippen MR) is 74.9 cm³/mol. The largest absolute Gasteiger partial charge is 0.471 e. The summed E-state index contributed by atoms with van der Waals surface area (Å²) in [6.45, 7) is 4.97. The van der Waals surface area contributed by atoms with Crippen molar-refractivity contribution in [1.29, 1.82) is 0 Å². The Morgan fingerprint density at radius 2 is 2.29 bits per heavy atom. The first-order chi connectivity index (χ1) is 10.0. The lowest BCUT2D eigenvalue weighted by atomic mass is 9.98. The Bertz CT molecular complexity index is 620. The molecule has 1 aromatic heterocycles. The van der Waals surface area contributed by atoms with Crippen LogP contribution in [-0.4, -0.2) is 18.9 Å². The van der Waals surface area contributed by atoms with Crippen LogP contribution in [0.2, 0.25) is 0 Å². The van der Waals surface area contributed by atoms with Crippen molar-refractivity contribution >= 4 is 5.90 Å². The Morgan fingerprint density at radius 3 is 2.95 bits per heavy atom. The maximum atomic E-state index is 12.4. The second kappa shape index (κ2) is 6.65. The first-order valence-electron chi connectivity index (χ1n) is 6.85. The summed E-state index contributed by atoms with van der Waals surface area (Å²) in [6, 6.07) is 1.38. The smallest absolute Gasteiger partial charge is 0.336 e. The van der Waals surface area contributed by atoms with Gasteiger partial charge in [0.05, 0.1) is 5.56 Å². The molecule has 114 valence electrons. The van der Waals surface area contributed by atoms with Crippen LogP contribution in [0.3, 0.4) is 0 Å². The second-order valence-electron chi connectivity index (χ2n) is 4.85. The van der Waals surface area contributed by atoms with Crippen molar-refractivity contribution in [1.82, 2.24) is 0 Å². The molecule has 6 heteroatoms. The Hall–Kier alpha value is -1.98. The zero-order valence-corrected chi connectivity index (χ0v) is 11.8. The van der Waals surface area contributed by atoms with Crippen LogP contribution in [0.1, 0.15) is 36.7 Å². The van der Waals surface area contributed by atoms with Gasteiger partial charge in [-0.1, -0.05) is 19.9 Å². The number of hydrogen-bond donors (Lipinski definition) is 0. The third-order valence-electron chi connectivity index (χ3n) is 3.10. The van der Waals surface area contributed by atoms with E-state index in [0.29, 0.717) is 23.4 Å². The number of nitrogens with zero attached hydrogens (tertiary/aromatic N) is 1. The van der Waals surface area contributed by atoms with Gasteiger partial charge in [-0.15, -0.1) is 0 Å². The molecule has 21 heavy (non-hydrogen) atoms. The highest BCUT2D eigenvalue weighted by molar-refractivity contribution is 5.98. The summed E-state index contributed by atoms with van der Waals surface area (Å²) in [7, 11) is 0. The molecule has 0 radical (unpaired) electrons. The minimum atomic E-state index is -2.60. The molecule has 1 aliphatic rings. The Kier molecular flexibility index (Phi) is 4.88. The van der Waals surface area contributed by atoms with Crippen molar-refractivity contribution in [2.24, 2.45) is 4.99 Å². The van der Waals surface area contributed by atoms with E-state index in [0.717, 1.165) is 18.4 Å². The van der Waals surface area contributed by atoms with Gasteiger partial charge in [-0.05, 0) is 18.4 Å². The number of halogens is 2. The van der Waals surface area contributed by atoms with E-state index in [-0.39, 0.29) is 12.3 Å². The van der Waals surface area contributed by atoms with Crippen molar-refractivity contribution in [2.45, 2.75) is 39.0 Å². The Morgan fingerprint density at radius 1 is 1.52 bits per heavy atom. The monoisotopic (exact) mass is 297 g/mol. The molecule has 0 aliphatic carbocycles. The first-order valence-corrected chi connectivity index (χ1v) is 6.85. The number of aliphatic imine (C=N–C) groups is 1. The summed E-state index contributed by atoms with van der Waals surface area (Å²) in [5.74, 6) is 0.453. The van der Waals surface area contributed by atoms with Crippen LogP contribution >= 0.6 is 0 Å². The summed E-state index contributed by atoms with van der Waals surface area (Å²) in [4.78, 5) is 15.7. The molecule has 0 atom stereocenters. The average molecular weight is 297 g/mol. The van der Waals surface area contributed by atoms with Crippen molar-refractivity contribution in [3.63, 3.8) is 0 Å². The van der Waals surface area contributed by atoms with Crippen molar-refractivity contribution < 1.29 is 17.9 Å². The quantitative estimate of drug-likeness (QED) is 0.839. The standard InChI is InChI=1S/C15H17F2NO3/c1-3-4-5-10-7-13(19)21-11-6-9(2)18-15(14(10)11)20-8-12(16)17/h7,12H,2-6,8H2,1H3. The highest BCUT2D eigenvalue weighted by atomic mass is 19.3. The Labute approximate surface area is 121 Å². The normalized spacial score (nSPS) is 14.1. The molecule has 2 heterocycles. The third-order valence-corrected chi connectivity index (χ3v) is 3.10. The van der Waals surface area contributed by atoms with Gasteiger partial charge in [0.1, 0.15) is 5.76 Å². The molecule has 4 nitrogen and oxygen atoms in total. The van der Waals surface area contributed by atoms with E-state index in [4.69, 9.17) is 9.15 Å². The number of alkyl halides is 2. The SMILES string of the molecule is C=C1Cc2oc(=O)cc(CCCC)c2C(OCC(F)F)=N1. The molecule has 0 saturated heterocycles. The van der Waals surface area contributed by atoms with Crippen LogP contribution < -0.4 is 5.63 Å². The summed E-state index contributed by atoms with van der Waals surface area (Å²) in [5.41, 5.74) is 1.21. The van der Waals surface area contributed by atoms with Gasteiger partial charge in [-0.2, -0.15) is 0 Å². The summed E-state index contributed by atoms with van der Waals surface area (Å²) < 4.78 is 35.0. The number of allylic oxidation sites excluding steroid dienone is 1. The van der Waals surface area contributed by atoms with Gasteiger partial charge >= 0.3 is 5.63 Å². The molecular formula is C15H17F2NO3. The molecule has 0 N–H and O–H groups in total. The fraction of sp³-hybridized carbons (Fsp3) is 0.467. The number of rotatable bonds is 5. The highest BCUT2D eigenvalue weighted by Crippen LogP contribution is 2.25. The highest BCUT2D eigenvalue weighted by Gasteiger charge is 2.25. The maximum Gasteiger partial charge on any atom is 0.336 e. The fourth-order valence-corrected chi connectivity index (χ4v) is 2.21. The van der Waals surface area contributed by atoms with E-state index in [1.165, 1.54) is 6.07 Å². The molecule has 0 amide bonds. The summed E-state index contributed by atoms with van der Waals surface area (Å²) in [6.07, 6.45) is 0.159. The van der Waals surface area contributed by atoms with E-state index in [1.807, 2.05) is 6.92 Å². The molecule has 1 aromatic rings. The molecule has 0 unspecified atom stereocenters. The van der Waals surface area contributed by atoms with Crippen LogP contribution in [0.25, 0.3) is 0 Å². The van der Waals surface area contributed by atoms with E-state index >= 15 is 0 Å². The van der Waals surface area contributed by atoms with Crippen LogP contribution in [0.4, 0.5) is 8.78 Å². The average Bonchev–Trinajstić information content (AvgIpc) is 2.41. The summed E-state index contributed by atoms with van der Waals surface area (Å²) in [5, 5.41) is 0. The lowest BCUT2D eigenvalue weighted by Gasteiger charge is -2.19. The molecule has 1 aliphatic heterocycles. The zero-order valence-electron chi connectivity index (χ0n) is 11.8. The third kappa shape index (κ3) is 3.77. The van der Waals surface area contributed by atoms with Gasteiger partial charge in [-0.3, -0.25) is 0 Å². The number of unbranched alkanes of at least 4 members (excludes halogenated alkanes) is 1. The van der Waals surface area contributed by atoms with Crippen molar-refractivity contribution in [3.05, 3.63) is 45.6 Å². The van der Waals surface area contributed by atoms with E-state index < -0.39 is 18.7 Å². The second-order valence-corrected chi connectivity index (χ2v) is 4.85. The Balaban J connectivity index is 2.42. The number of aryl methyl sites for hydroxylation is 1. The van der Waals surface area contributed by atoms with Gasteiger partial charge in [0.2, 0.25) is 5.90 Å². The number of hydrogen-bond acceptors (Lipinski definition) is 4. The molecule has 0 fully saturated rings. The molecule has 2 rings (SSSR count). The van der Waals surface area contributed by atoms with Gasteiger partial charge in [0.15, 0.2) is 6.61 Å². The van der Waals surface area contributed by atoms with E-state index in [2.05, 4.69) is 11.6 Å². The molecule has 0 saturated carbocycles. The maximum absolute atomic E-state index is 12.4. The molecular weight excluding hydrogens is 280 g/mol. The fourth-order valence-electron chi connectivity index (χ4n) is 2.21. The van der Waals surface area contributed by atoms with Crippen LogP contribution in [0.15, 0.2) is 32.5 Å². The number of ether oxygens (including phenoxy) is 1. The topological polar surface area (TPSA) is 51.8 Å². The first kappa shape index (κ1) is 15.4. The van der Waals surface area contributed by atoms with E-state index in [1.54, 1.807) is 0 Å². The van der Waals surface area contributed by atoms with Crippen molar-refractivity contribution in [3.8, 4) is 0 Å². The van der Waals surface area contributed by atoms with Gasteiger partial charge < -0.3 is 9.15 Å². The molecule has 0 aromatic carbocycles. The zero-order chi connectivity index (χ0) is 15.4. The molecule has 0 bridgehead atoms. The van der Waals surface area contributed by atoms with Gasteiger partial charge in [0, 0.05) is 18.2 Å². The van der Waals surface area contributed by atoms with Crippen LogP contribution in [-0.2, 0) is 17.6 Å². The molecule has 0 spiro atoms. The predicted octanol–water partition coefficient (Wildman–Crippen LogP) is 3.08. The lowest BCUT2D eigenvalue weighted by molar-refractivity contribution is 0.0763. The van der Waals surface area contributed by atoms with Crippen molar-refractivity contribution in [2.75, 3.05) is 6.61 Å².